The molecule has 0 aliphatic heterocycles. The van der Waals surface area contributed by atoms with Gasteiger partial charge < -0.3 is 0 Å². The predicted octanol–water partition coefficient (Wildman–Crippen LogP) is 8.62. The van der Waals surface area contributed by atoms with E-state index in [1.54, 1.807) is 5.57 Å². The van der Waals surface area contributed by atoms with E-state index in [2.05, 4.69) is 54.5 Å². The zero-order valence-electron chi connectivity index (χ0n) is 22.4. The molecule has 5 aliphatic rings. The first-order valence-electron chi connectivity index (χ1n) is 14.0. The van der Waals surface area contributed by atoms with Crippen molar-refractivity contribution in [3.05, 3.63) is 11.6 Å². The van der Waals surface area contributed by atoms with Crippen LogP contribution in [-0.4, -0.2) is 5.78 Å². The van der Waals surface area contributed by atoms with Gasteiger partial charge in [0.05, 0.1) is 0 Å². The van der Waals surface area contributed by atoms with Gasteiger partial charge in [-0.1, -0.05) is 60.1 Å². The van der Waals surface area contributed by atoms with Crippen LogP contribution in [0.4, 0.5) is 0 Å². The number of Topliss-reactive ketones (excluding diaryl/α,β-unsaturated/α-hetero) is 1. The average molecular weight is 439 g/mol. The van der Waals surface area contributed by atoms with Gasteiger partial charge in [0.15, 0.2) is 0 Å². The second kappa shape index (κ2) is 6.97. The average Bonchev–Trinajstić information content (AvgIpc) is 2.71. The molecular formula is C31H50O. The molecule has 1 nitrogen and oxygen atoms in total. The Kier molecular flexibility index (Phi) is 5.05. The minimum absolute atomic E-state index is 0.0695. The summed E-state index contributed by atoms with van der Waals surface area (Å²) < 4.78 is 0. The molecule has 32 heavy (non-hydrogen) atoms. The van der Waals surface area contributed by atoms with E-state index in [1.165, 1.54) is 51.4 Å². The number of carbonyl (C=O) groups is 1. The van der Waals surface area contributed by atoms with Crippen LogP contribution in [0.1, 0.15) is 120 Å². The maximum Gasteiger partial charge on any atom is 0.136 e. The molecule has 9 atom stereocenters. The van der Waals surface area contributed by atoms with E-state index < -0.39 is 0 Å². The maximum absolute atomic E-state index is 13.2. The van der Waals surface area contributed by atoms with Crippen molar-refractivity contribution >= 4 is 5.78 Å². The summed E-state index contributed by atoms with van der Waals surface area (Å²) in [7, 11) is 0. The largest absolute Gasteiger partial charge is 0.299 e. The molecule has 180 valence electrons. The van der Waals surface area contributed by atoms with Crippen LogP contribution in [0, 0.1) is 56.7 Å². The molecule has 5 unspecified atom stereocenters. The normalized spacial score (nSPS) is 54.4. The molecule has 0 saturated heterocycles. The van der Waals surface area contributed by atoms with Crippen molar-refractivity contribution in [2.24, 2.45) is 56.7 Å². The topological polar surface area (TPSA) is 17.1 Å². The van der Waals surface area contributed by atoms with Crippen LogP contribution >= 0.6 is 0 Å². The van der Waals surface area contributed by atoms with E-state index >= 15 is 0 Å². The molecular weight excluding hydrogens is 388 g/mol. The van der Waals surface area contributed by atoms with Crippen LogP contribution in [-0.2, 0) is 4.79 Å². The van der Waals surface area contributed by atoms with Crippen molar-refractivity contribution in [2.45, 2.75) is 120 Å². The van der Waals surface area contributed by atoms with Gasteiger partial charge in [-0.25, -0.2) is 0 Å². The third-order valence-electron chi connectivity index (χ3n) is 13.3. The molecule has 4 fully saturated rings. The Morgan fingerprint density at radius 2 is 1.59 bits per heavy atom. The summed E-state index contributed by atoms with van der Waals surface area (Å²) in [4.78, 5) is 13.2. The number of carbonyl (C=O) groups excluding carboxylic acids is 1. The van der Waals surface area contributed by atoms with Gasteiger partial charge in [-0.05, 0) is 122 Å². The summed E-state index contributed by atoms with van der Waals surface area (Å²) in [5.41, 5.74) is 3.16. The molecule has 5 rings (SSSR count). The monoisotopic (exact) mass is 438 g/mol. The molecule has 0 amide bonds. The summed E-state index contributed by atoms with van der Waals surface area (Å²) in [5.74, 6) is 4.43. The van der Waals surface area contributed by atoms with E-state index in [-0.39, 0.29) is 10.8 Å². The second-order valence-corrected chi connectivity index (χ2v) is 14.9. The van der Waals surface area contributed by atoms with Gasteiger partial charge in [-0.3, -0.25) is 4.79 Å². The Hall–Kier alpha value is -0.590. The molecule has 5 aliphatic carbocycles. The first-order chi connectivity index (χ1) is 14.8. The van der Waals surface area contributed by atoms with Crippen LogP contribution in [0.5, 0.6) is 0 Å². The first-order valence-corrected chi connectivity index (χ1v) is 14.0. The zero-order valence-corrected chi connectivity index (χ0v) is 22.4. The van der Waals surface area contributed by atoms with E-state index in [1.807, 2.05) is 6.92 Å². The van der Waals surface area contributed by atoms with Crippen molar-refractivity contribution in [3.63, 3.8) is 0 Å². The quantitative estimate of drug-likeness (QED) is 0.374. The van der Waals surface area contributed by atoms with Gasteiger partial charge in [-0.15, -0.1) is 0 Å². The van der Waals surface area contributed by atoms with Gasteiger partial charge in [0, 0.05) is 5.41 Å². The lowest BCUT2D eigenvalue weighted by Crippen LogP contribution is -2.63. The highest BCUT2D eigenvalue weighted by atomic mass is 16.1. The molecule has 0 radical (unpaired) electrons. The Morgan fingerprint density at radius 1 is 0.906 bits per heavy atom. The Labute approximate surface area is 198 Å². The zero-order chi connectivity index (χ0) is 23.3. The van der Waals surface area contributed by atoms with Crippen molar-refractivity contribution in [3.8, 4) is 0 Å². The smallest absolute Gasteiger partial charge is 0.136 e. The number of fused-ring (bicyclic) bond motifs is 7. The van der Waals surface area contributed by atoms with Crippen LogP contribution in [0.2, 0.25) is 0 Å². The highest BCUT2D eigenvalue weighted by Crippen LogP contribution is 2.75. The highest BCUT2D eigenvalue weighted by molar-refractivity contribution is 5.83. The van der Waals surface area contributed by atoms with Crippen LogP contribution in [0.25, 0.3) is 0 Å². The Balaban J connectivity index is 1.59. The molecule has 4 saturated carbocycles. The molecule has 0 spiro atoms. The third kappa shape index (κ3) is 2.78. The van der Waals surface area contributed by atoms with Gasteiger partial charge in [0.2, 0.25) is 0 Å². The minimum Gasteiger partial charge on any atom is -0.299 e. The van der Waals surface area contributed by atoms with Gasteiger partial charge in [-0.2, -0.15) is 0 Å². The number of allylic oxidation sites excluding steroid dienone is 2. The fourth-order valence-corrected chi connectivity index (χ4v) is 10.7. The summed E-state index contributed by atoms with van der Waals surface area (Å²) >= 11 is 0. The van der Waals surface area contributed by atoms with Crippen LogP contribution < -0.4 is 0 Å². The lowest BCUT2D eigenvalue weighted by atomic mass is 9.34. The standard InChI is InChI=1S/C31H50O/c1-20-11-13-28(6)23(21(20)2)12-14-30(8)26(28)10-9-24-25-19-27(4,5)15-17-31(25,22(3)32)18-16-29(24,30)7/h9,20-21,23,25-26H,10-19H2,1-8H3/t20-,21?,23-,25?,26?,28?,29+,30?,31+/m0/s1. The minimum atomic E-state index is -0.0695. The number of hydrogen-bond donors (Lipinski definition) is 0. The van der Waals surface area contributed by atoms with Crippen molar-refractivity contribution in [1.82, 2.24) is 0 Å². The molecule has 0 bridgehead atoms. The second-order valence-electron chi connectivity index (χ2n) is 14.9. The van der Waals surface area contributed by atoms with E-state index in [9.17, 15) is 4.79 Å². The molecule has 0 N–H and O–H groups in total. The summed E-state index contributed by atoms with van der Waals surface area (Å²) in [6, 6.07) is 0. The summed E-state index contributed by atoms with van der Waals surface area (Å²) in [6.45, 7) is 19.9. The van der Waals surface area contributed by atoms with Crippen molar-refractivity contribution in [2.75, 3.05) is 0 Å². The van der Waals surface area contributed by atoms with E-state index in [4.69, 9.17) is 0 Å². The summed E-state index contributed by atoms with van der Waals surface area (Å²) in [6.07, 6.45) is 15.6. The van der Waals surface area contributed by atoms with Crippen molar-refractivity contribution in [1.29, 1.82) is 0 Å². The first kappa shape index (κ1) is 23.2. The van der Waals surface area contributed by atoms with E-state index in [0.717, 1.165) is 36.5 Å². The molecule has 0 heterocycles. The van der Waals surface area contributed by atoms with Gasteiger partial charge in [0.25, 0.3) is 0 Å². The number of hydrogen-bond acceptors (Lipinski definition) is 1. The lowest BCUT2D eigenvalue weighted by molar-refractivity contribution is -0.174. The third-order valence-corrected chi connectivity index (χ3v) is 13.3. The van der Waals surface area contributed by atoms with E-state index in [0.29, 0.717) is 27.9 Å². The molecule has 0 aromatic rings. The van der Waals surface area contributed by atoms with Gasteiger partial charge in [0.1, 0.15) is 5.78 Å². The van der Waals surface area contributed by atoms with Crippen LogP contribution in [0.15, 0.2) is 11.6 Å². The Bertz CT molecular complexity index is 835. The molecule has 1 heteroatoms. The predicted molar refractivity (Wildman–Crippen MR) is 134 cm³/mol. The number of ketones is 1. The highest BCUT2D eigenvalue weighted by Gasteiger charge is 2.67. The Morgan fingerprint density at radius 3 is 2.28 bits per heavy atom. The lowest BCUT2D eigenvalue weighted by Gasteiger charge is -2.70. The number of rotatable bonds is 1. The SMILES string of the molecule is CC(=O)[C@]12CCC(C)(C)CC1C1=CCC3C4(C)CC[C@H](C)C(C)[C@@H]4CCC3(C)[C@]1(C)CC2. The molecule has 0 aromatic carbocycles. The van der Waals surface area contributed by atoms with Crippen LogP contribution in [0.3, 0.4) is 0 Å². The summed E-state index contributed by atoms with van der Waals surface area (Å²) in [5, 5.41) is 0. The molecule has 0 aromatic heterocycles. The fourth-order valence-electron chi connectivity index (χ4n) is 10.7. The maximum atomic E-state index is 13.2. The van der Waals surface area contributed by atoms with Gasteiger partial charge >= 0.3 is 0 Å². The van der Waals surface area contributed by atoms with Crippen molar-refractivity contribution < 1.29 is 4.79 Å². The fraction of sp³-hybridized carbons (Fsp3) is 0.903.